The molecule has 1 aliphatic carbocycles. The first-order chi connectivity index (χ1) is 9.20. The molecule has 0 aromatic rings. The summed E-state index contributed by atoms with van der Waals surface area (Å²) in [6.45, 7) is 2.93. The zero-order valence-electron chi connectivity index (χ0n) is 11.8. The lowest BCUT2D eigenvalue weighted by atomic mass is 9.94. The molecule has 2 rings (SSSR count). The molecule has 1 saturated carbocycles. The standard InChI is InChI=1S/C14H26N2O2S/c1-2-19(18)12-7-5-6-11(10-12)16-14(17)13-8-3-4-9-15-13/h11-13,15H,2-10H2,1H3,(H,16,17). The van der Waals surface area contributed by atoms with Gasteiger partial charge in [0.25, 0.3) is 0 Å². The Hall–Kier alpha value is -0.420. The quantitative estimate of drug-likeness (QED) is 0.819. The van der Waals surface area contributed by atoms with Crippen molar-refractivity contribution in [3.8, 4) is 0 Å². The van der Waals surface area contributed by atoms with Crippen LogP contribution in [0.15, 0.2) is 0 Å². The lowest BCUT2D eigenvalue weighted by molar-refractivity contribution is -0.124. The monoisotopic (exact) mass is 286 g/mol. The van der Waals surface area contributed by atoms with Gasteiger partial charge in [0, 0.05) is 27.8 Å². The van der Waals surface area contributed by atoms with E-state index >= 15 is 0 Å². The Balaban J connectivity index is 1.81. The lowest BCUT2D eigenvalue weighted by Gasteiger charge is -2.31. The molecule has 1 saturated heterocycles. The van der Waals surface area contributed by atoms with Gasteiger partial charge in [-0.3, -0.25) is 9.00 Å². The molecular weight excluding hydrogens is 260 g/mol. The predicted molar refractivity (Wildman–Crippen MR) is 78.5 cm³/mol. The predicted octanol–water partition coefficient (Wildman–Crippen LogP) is 1.32. The van der Waals surface area contributed by atoms with Crippen LogP contribution in [0.5, 0.6) is 0 Å². The van der Waals surface area contributed by atoms with Gasteiger partial charge < -0.3 is 10.6 Å². The molecule has 4 nitrogen and oxygen atoms in total. The Kier molecular flexibility index (Phi) is 5.82. The van der Waals surface area contributed by atoms with E-state index < -0.39 is 10.8 Å². The molecule has 5 heteroatoms. The maximum atomic E-state index is 12.2. The molecule has 4 atom stereocenters. The van der Waals surface area contributed by atoms with E-state index in [1.54, 1.807) is 0 Å². The Morgan fingerprint density at radius 1 is 1.26 bits per heavy atom. The number of rotatable bonds is 4. The van der Waals surface area contributed by atoms with Crippen molar-refractivity contribution < 1.29 is 9.00 Å². The van der Waals surface area contributed by atoms with Crippen LogP contribution in [0.1, 0.15) is 51.9 Å². The van der Waals surface area contributed by atoms with Crippen LogP contribution in [0.3, 0.4) is 0 Å². The third-order valence-electron chi connectivity index (χ3n) is 4.26. The number of hydrogen-bond donors (Lipinski definition) is 2. The molecule has 19 heavy (non-hydrogen) atoms. The van der Waals surface area contributed by atoms with E-state index in [9.17, 15) is 9.00 Å². The highest BCUT2D eigenvalue weighted by molar-refractivity contribution is 7.85. The minimum absolute atomic E-state index is 0.00852. The topological polar surface area (TPSA) is 58.2 Å². The van der Waals surface area contributed by atoms with Crippen LogP contribution in [-0.2, 0) is 15.6 Å². The van der Waals surface area contributed by atoms with Gasteiger partial charge in [0.1, 0.15) is 0 Å². The van der Waals surface area contributed by atoms with Crippen molar-refractivity contribution >= 4 is 16.7 Å². The molecule has 110 valence electrons. The van der Waals surface area contributed by atoms with Crippen molar-refractivity contribution in [1.29, 1.82) is 0 Å². The Labute approximate surface area is 118 Å². The van der Waals surface area contributed by atoms with E-state index in [4.69, 9.17) is 0 Å². The van der Waals surface area contributed by atoms with Gasteiger partial charge in [-0.2, -0.15) is 0 Å². The average molecular weight is 286 g/mol. The molecule has 2 fully saturated rings. The van der Waals surface area contributed by atoms with Gasteiger partial charge in [-0.1, -0.05) is 19.8 Å². The van der Waals surface area contributed by atoms with Gasteiger partial charge in [-0.05, 0) is 38.6 Å². The van der Waals surface area contributed by atoms with Gasteiger partial charge in [0.05, 0.1) is 6.04 Å². The van der Waals surface area contributed by atoms with Crippen molar-refractivity contribution in [1.82, 2.24) is 10.6 Å². The summed E-state index contributed by atoms with van der Waals surface area (Å²) in [4.78, 5) is 12.2. The summed E-state index contributed by atoms with van der Waals surface area (Å²) in [7, 11) is -0.721. The maximum absolute atomic E-state index is 12.2. The summed E-state index contributed by atoms with van der Waals surface area (Å²) in [6.07, 6.45) is 7.31. The second-order valence-corrected chi connectivity index (χ2v) is 7.67. The third kappa shape index (κ3) is 4.28. The van der Waals surface area contributed by atoms with Gasteiger partial charge >= 0.3 is 0 Å². The summed E-state index contributed by atoms with van der Waals surface area (Å²) in [5.41, 5.74) is 0. The van der Waals surface area contributed by atoms with Crippen molar-refractivity contribution in [2.24, 2.45) is 0 Å². The smallest absolute Gasteiger partial charge is 0.237 e. The largest absolute Gasteiger partial charge is 0.352 e. The summed E-state index contributed by atoms with van der Waals surface area (Å²) >= 11 is 0. The number of hydrogen-bond acceptors (Lipinski definition) is 3. The zero-order valence-corrected chi connectivity index (χ0v) is 12.6. The first kappa shape index (κ1) is 15.0. The van der Waals surface area contributed by atoms with Crippen molar-refractivity contribution in [2.45, 2.75) is 69.2 Å². The summed E-state index contributed by atoms with van der Waals surface area (Å²) in [5.74, 6) is 0.878. The van der Waals surface area contributed by atoms with E-state index in [1.807, 2.05) is 6.92 Å². The van der Waals surface area contributed by atoms with Crippen LogP contribution in [0, 0.1) is 0 Å². The summed E-state index contributed by atoms with van der Waals surface area (Å²) in [6, 6.07) is 0.219. The minimum Gasteiger partial charge on any atom is -0.352 e. The highest BCUT2D eigenvalue weighted by atomic mass is 32.2. The van der Waals surface area contributed by atoms with Gasteiger partial charge in [-0.15, -0.1) is 0 Å². The highest BCUT2D eigenvalue weighted by Crippen LogP contribution is 2.23. The minimum atomic E-state index is -0.721. The van der Waals surface area contributed by atoms with Gasteiger partial charge in [0.15, 0.2) is 0 Å². The van der Waals surface area contributed by atoms with E-state index in [0.717, 1.165) is 50.8 Å². The second-order valence-electron chi connectivity index (χ2n) is 5.67. The molecule has 4 unspecified atom stereocenters. The molecule has 0 bridgehead atoms. The van der Waals surface area contributed by atoms with Crippen LogP contribution in [0.25, 0.3) is 0 Å². The van der Waals surface area contributed by atoms with E-state index in [0.29, 0.717) is 0 Å². The average Bonchev–Trinajstić information content (AvgIpc) is 2.47. The van der Waals surface area contributed by atoms with E-state index in [1.165, 1.54) is 6.42 Å². The molecule has 1 amide bonds. The summed E-state index contributed by atoms with van der Waals surface area (Å²) in [5, 5.41) is 6.72. The van der Waals surface area contributed by atoms with Crippen LogP contribution >= 0.6 is 0 Å². The molecule has 2 N–H and O–H groups in total. The Morgan fingerprint density at radius 2 is 2.11 bits per heavy atom. The van der Waals surface area contributed by atoms with Gasteiger partial charge in [-0.25, -0.2) is 0 Å². The number of nitrogens with one attached hydrogen (secondary N) is 2. The maximum Gasteiger partial charge on any atom is 0.237 e. The molecule has 1 aliphatic heterocycles. The molecule has 0 radical (unpaired) electrons. The summed E-state index contributed by atoms with van der Waals surface area (Å²) < 4.78 is 11.9. The molecule has 0 aromatic carbocycles. The second kappa shape index (κ2) is 7.39. The zero-order chi connectivity index (χ0) is 13.7. The van der Waals surface area contributed by atoms with Crippen molar-refractivity contribution in [3.63, 3.8) is 0 Å². The lowest BCUT2D eigenvalue weighted by Crippen LogP contribution is -2.51. The third-order valence-corrected chi connectivity index (χ3v) is 6.00. The fraction of sp³-hybridized carbons (Fsp3) is 0.929. The number of carbonyl (C=O) groups is 1. The van der Waals surface area contributed by atoms with Crippen LogP contribution < -0.4 is 10.6 Å². The fourth-order valence-corrected chi connectivity index (χ4v) is 4.48. The van der Waals surface area contributed by atoms with Crippen molar-refractivity contribution in [2.75, 3.05) is 12.3 Å². The van der Waals surface area contributed by atoms with Crippen molar-refractivity contribution in [3.05, 3.63) is 0 Å². The van der Waals surface area contributed by atoms with E-state index in [2.05, 4.69) is 10.6 Å². The first-order valence-corrected chi connectivity index (χ1v) is 9.00. The first-order valence-electron chi connectivity index (χ1n) is 7.61. The van der Waals surface area contributed by atoms with Crippen LogP contribution in [0.4, 0.5) is 0 Å². The molecule has 0 aromatic heterocycles. The molecule has 1 heterocycles. The number of amides is 1. The molecule has 2 aliphatic rings. The number of piperidine rings is 1. The normalized spacial score (nSPS) is 33.6. The Morgan fingerprint density at radius 3 is 2.79 bits per heavy atom. The highest BCUT2D eigenvalue weighted by Gasteiger charge is 2.28. The fourth-order valence-electron chi connectivity index (χ4n) is 3.13. The van der Waals surface area contributed by atoms with Crippen LogP contribution in [0.2, 0.25) is 0 Å². The van der Waals surface area contributed by atoms with Gasteiger partial charge in [0.2, 0.25) is 5.91 Å². The Bertz CT molecular complexity index is 329. The molecule has 0 spiro atoms. The molecular formula is C14H26N2O2S. The van der Waals surface area contributed by atoms with E-state index in [-0.39, 0.29) is 23.2 Å². The van der Waals surface area contributed by atoms with Crippen LogP contribution in [-0.4, -0.2) is 39.7 Å². The SMILES string of the molecule is CCS(=O)C1CCCC(NC(=O)C2CCCCN2)C1. The number of carbonyl (C=O) groups excluding carboxylic acids is 1.